The topological polar surface area (TPSA) is 78.2 Å². The predicted octanol–water partition coefficient (Wildman–Crippen LogP) is 4.83. The summed E-state index contributed by atoms with van der Waals surface area (Å²) in [5, 5.41) is 11.3. The highest BCUT2D eigenvalue weighted by atomic mass is 16.5. The molecule has 238 valence electrons. The summed E-state index contributed by atoms with van der Waals surface area (Å²) in [5.41, 5.74) is 5.47. The van der Waals surface area contributed by atoms with Crippen molar-refractivity contribution in [3.8, 4) is 11.1 Å². The molecule has 0 spiro atoms. The number of para-hydroxylation sites is 1. The molecule has 0 radical (unpaired) electrons. The van der Waals surface area contributed by atoms with Crippen molar-refractivity contribution < 1.29 is 19.4 Å². The number of fused-ring (bicyclic) bond motifs is 5. The van der Waals surface area contributed by atoms with Gasteiger partial charge in [0, 0.05) is 49.6 Å². The lowest BCUT2D eigenvalue weighted by Gasteiger charge is -2.36. The Kier molecular flexibility index (Phi) is 10.1. The smallest absolute Gasteiger partial charge is 0.271 e. The Hall–Kier alpha value is -3.98. The molecule has 2 amide bonds. The van der Waals surface area contributed by atoms with Gasteiger partial charge in [-0.25, -0.2) is 0 Å². The van der Waals surface area contributed by atoms with E-state index in [2.05, 4.69) is 19.1 Å². The van der Waals surface area contributed by atoms with Crippen molar-refractivity contribution in [3.63, 3.8) is 0 Å². The molecule has 3 aromatic carbocycles. The van der Waals surface area contributed by atoms with E-state index >= 15 is 0 Å². The Morgan fingerprint density at radius 1 is 1.00 bits per heavy atom. The van der Waals surface area contributed by atoms with Gasteiger partial charge in [0.2, 0.25) is 5.91 Å². The highest BCUT2D eigenvalue weighted by Gasteiger charge is 2.34. The fourth-order valence-corrected chi connectivity index (χ4v) is 6.47. The van der Waals surface area contributed by atoms with Crippen molar-refractivity contribution in [1.29, 1.82) is 0 Å². The zero-order valence-electron chi connectivity index (χ0n) is 27.3. The molecule has 45 heavy (non-hydrogen) atoms. The van der Waals surface area contributed by atoms with Crippen LogP contribution in [0.15, 0.2) is 78.9 Å². The number of aliphatic hydroxyl groups excluding tert-OH is 1. The lowest BCUT2D eigenvalue weighted by molar-refractivity contribution is -0.137. The van der Waals surface area contributed by atoms with Gasteiger partial charge >= 0.3 is 0 Å². The Bertz CT molecular complexity index is 1630. The average molecular weight is 611 g/mol. The molecule has 0 aliphatic carbocycles. The van der Waals surface area contributed by atoms with Gasteiger partial charge in [0.25, 0.3) is 5.91 Å². The quantitative estimate of drug-likeness (QED) is 0.309. The lowest BCUT2D eigenvalue weighted by atomic mass is 9.96. The number of benzene rings is 3. The fraction of sp³-hybridized carbons (Fsp3) is 0.405. The van der Waals surface area contributed by atoms with E-state index in [1.807, 2.05) is 111 Å². The van der Waals surface area contributed by atoms with E-state index < -0.39 is 6.04 Å². The summed E-state index contributed by atoms with van der Waals surface area (Å²) in [6.45, 7) is 4.84. The Labute approximate surface area is 266 Å². The Balaban J connectivity index is 1.52. The molecule has 0 saturated carbocycles. The minimum absolute atomic E-state index is 0.0184. The van der Waals surface area contributed by atoms with E-state index in [0.717, 1.165) is 33.2 Å². The summed E-state index contributed by atoms with van der Waals surface area (Å²) in [6.07, 6.45) is 0.249. The van der Waals surface area contributed by atoms with E-state index in [-0.39, 0.29) is 36.5 Å². The molecule has 0 saturated heterocycles. The van der Waals surface area contributed by atoms with Crippen LogP contribution < -0.4 is 0 Å². The van der Waals surface area contributed by atoms with Crippen LogP contribution in [0.3, 0.4) is 0 Å². The van der Waals surface area contributed by atoms with Crippen LogP contribution in [0.4, 0.5) is 0 Å². The predicted molar refractivity (Wildman–Crippen MR) is 179 cm³/mol. The van der Waals surface area contributed by atoms with E-state index in [1.54, 1.807) is 9.80 Å². The van der Waals surface area contributed by atoms with Gasteiger partial charge in [0.1, 0.15) is 5.69 Å². The summed E-state index contributed by atoms with van der Waals surface area (Å²) < 4.78 is 8.68. The van der Waals surface area contributed by atoms with Crippen LogP contribution in [0.5, 0.6) is 0 Å². The van der Waals surface area contributed by atoms with E-state index in [0.29, 0.717) is 31.8 Å². The number of ether oxygens (including phenoxy) is 1. The number of rotatable bonds is 8. The van der Waals surface area contributed by atoms with Crippen molar-refractivity contribution in [1.82, 2.24) is 19.3 Å². The van der Waals surface area contributed by atoms with Crippen LogP contribution in [-0.2, 0) is 29.6 Å². The summed E-state index contributed by atoms with van der Waals surface area (Å²) in [6, 6.07) is 25.5. The second-order valence-corrected chi connectivity index (χ2v) is 12.7. The summed E-state index contributed by atoms with van der Waals surface area (Å²) in [7, 11) is 7.64. The van der Waals surface area contributed by atoms with Gasteiger partial charge in [-0.15, -0.1) is 0 Å². The molecule has 2 heterocycles. The molecule has 1 aromatic heterocycles. The largest absolute Gasteiger partial charge is 0.394 e. The molecular formula is C37H46N4O4. The highest BCUT2D eigenvalue weighted by molar-refractivity contribution is 6.10. The maximum atomic E-state index is 14.6. The lowest BCUT2D eigenvalue weighted by Crippen LogP contribution is -2.50. The number of hydrogen-bond acceptors (Lipinski definition) is 5. The van der Waals surface area contributed by atoms with Crippen molar-refractivity contribution >= 4 is 22.7 Å². The zero-order valence-corrected chi connectivity index (χ0v) is 27.3. The van der Waals surface area contributed by atoms with Gasteiger partial charge in [0.15, 0.2) is 0 Å². The molecule has 0 unspecified atom stereocenters. The van der Waals surface area contributed by atoms with Crippen LogP contribution in [0.25, 0.3) is 22.0 Å². The van der Waals surface area contributed by atoms with Crippen molar-refractivity contribution in [2.45, 2.75) is 45.1 Å². The third-order valence-corrected chi connectivity index (χ3v) is 9.24. The van der Waals surface area contributed by atoms with Crippen molar-refractivity contribution in [2.75, 3.05) is 40.8 Å². The number of hydrogen-bond donors (Lipinski definition) is 1. The number of aliphatic hydroxyl groups is 1. The zero-order chi connectivity index (χ0) is 32.2. The van der Waals surface area contributed by atoms with Crippen molar-refractivity contribution in [2.24, 2.45) is 13.0 Å². The first-order valence-electron chi connectivity index (χ1n) is 15.8. The molecule has 4 atom stereocenters. The van der Waals surface area contributed by atoms with Crippen molar-refractivity contribution in [3.05, 3.63) is 95.7 Å². The maximum absolute atomic E-state index is 14.6. The van der Waals surface area contributed by atoms with Crippen LogP contribution in [0.1, 0.15) is 35.5 Å². The third kappa shape index (κ3) is 6.69. The minimum Gasteiger partial charge on any atom is -0.394 e. The third-order valence-electron chi connectivity index (χ3n) is 9.24. The number of aromatic nitrogens is 1. The number of carbonyl (C=O) groups is 2. The summed E-state index contributed by atoms with van der Waals surface area (Å²) >= 11 is 0. The molecule has 8 heteroatoms. The van der Waals surface area contributed by atoms with Crippen LogP contribution >= 0.6 is 0 Å². The van der Waals surface area contributed by atoms with Gasteiger partial charge in [-0.2, -0.15) is 0 Å². The van der Waals surface area contributed by atoms with Gasteiger partial charge in [-0.3, -0.25) is 14.5 Å². The van der Waals surface area contributed by atoms with E-state index in [4.69, 9.17) is 4.74 Å². The molecule has 5 rings (SSSR count). The molecule has 0 bridgehead atoms. The molecular weight excluding hydrogens is 564 g/mol. The van der Waals surface area contributed by atoms with Gasteiger partial charge in [0.05, 0.1) is 31.4 Å². The van der Waals surface area contributed by atoms with Crippen LogP contribution in [-0.4, -0.2) is 95.2 Å². The van der Waals surface area contributed by atoms with Crippen LogP contribution in [0.2, 0.25) is 0 Å². The average Bonchev–Trinajstić information content (AvgIpc) is 3.34. The first-order valence-corrected chi connectivity index (χ1v) is 15.8. The fourth-order valence-electron chi connectivity index (χ4n) is 6.47. The van der Waals surface area contributed by atoms with Crippen LogP contribution in [0, 0.1) is 5.92 Å². The van der Waals surface area contributed by atoms with E-state index in [1.165, 1.54) is 0 Å². The highest BCUT2D eigenvalue weighted by Crippen LogP contribution is 2.38. The number of aryl methyl sites for hydroxylation is 1. The SMILES string of the molecule is C[C@@H]1CN([C@@H](C)CO)C(=O)c2c(c3ccccc3n2C)-c2ccccc2CO[C@H]1CN(C)C(=O)[C@H](Cc1ccccc1)N(C)C. The number of amides is 2. The summed E-state index contributed by atoms with van der Waals surface area (Å²) in [5.74, 6) is -0.244. The molecule has 1 N–H and O–H groups in total. The molecule has 8 nitrogen and oxygen atoms in total. The molecule has 0 fully saturated rings. The second kappa shape index (κ2) is 14.0. The van der Waals surface area contributed by atoms with Gasteiger partial charge < -0.3 is 24.2 Å². The number of carbonyl (C=O) groups excluding carboxylic acids is 2. The number of likely N-dealkylation sites (N-methyl/N-ethyl adjacent to an activating group) is 2. The Morgan fingerprint density at radius 3 is 2.38 bits per heavy atom. The Morgan fingerprint density at radius 2 is 1.67 bits per heavy atom. The number of nitrogens with zero attached hydrogens (tertiary/aromatic N) is 4. The second-order valence-electron chi connectivity index (χ2n) is 12.7. The maximum Gasteiger partial charge on any atom is 0.271 e. The molecule has 4 aromatic rings. The van der Waals surface area contributed by atoms with Gasteiger partial charge in [-0.1, -0.05) is 79.7 Å². The normalized spacial score (nSPS) is 18.7. The minimum atomic E-state index is -0.411. The monoisotopic (exact) mass is 610 g/mol. The summed E-state index contributed by atoms with van der Waals surface area (Å²) in [4.78, 5) is 34.0. The van der Waals surface area contributed by atoms with E-state index in [9.17, 15) is 14.7 Å². The molecule has 1 aliphatic rings. The standard InChI is InChI=1S/C37H46N4O4/c1-25-21-41(26(2)23-42)37(44)35-34(30-18-12-13-19-31(30)40(35)6)29-17-11-10-16-28(29)24-45-33(25)22-39(5)36(43)32(38(3)4)20-27-14-8-7-9-15-27/h7-19,25-26,32-33,42H,20-24H2,1-6H3/t25-,26+,32+,33+/m1/s1. The van der Waals surface area contributed by atoms with Gasteiger partial charge in [-0.05, 0) is 50.2 Å². The first kappa shape index (κ1) is 32.4. The molecule has 1 aliphatic heterocycles. The first-order chi connectivity index (χ1) is 21.6.